The molecule has 2 saturated heterocycles. The molecule has 1 aromatic rings. The lowest BCUT2D eigenvalue weighted by molar-refractivity contribution is 0.0972. The first-order chi connectivity index (χ1) is 9.26. The van der Waals surface area contributed by atoms with Crippen molar-refractivity contribution < 1.29 is 4.74 Å². The molecule has 3 heterocycles. The quantitative estimate of drug-likeness (QED) is 0.844. The van der Waals surface area contributed by atoms with Crippen molar-refractivity contribution >= 4 is 11.6 Å². The Bertz CT molecular complexity index is 434. The van der Waals surface area contributed by atoms with Gasteiger partial charge in [-0.3, -0.25) is 0 Å². The molecule has 0 spiro atoms. The Morgan fingerprint density at radius 1 is 1.47 bits per heavy atom. The highest BCUT2D eigenvalue weighted by Gasteiger charge is 2.40. The van der Waals surface area contributed by atoms with Crippen LogP contribution < -0.4 is 5.32 Å². The van der Waals surface area contributed by atoms with Crippen molar-refractivity contribution in [1.82, 2.24) is 15.3 Å². The van der Waals surface area contributed by atoms with Gasteiger partial charge in [0.1, 0.15) is 5.82 Å². The summed E-state index contributed by atoms with van der Waals surface area (Å²) in [5.74, 6) is 1.01. The summed E-state index contributed by atoms with van der Waals surface area (Å²) in [6.07, 6.45) is 7.76. The van der Waals surface area contributed by atoms with Crippen molar-refractivity contribution in [1.29, 1.82) is 0 Å². The first-order valence-electron chi connectivity index (χ1n) is 7.38. The zero-order chi connectivity index (χ0) is 13.2. The number of fused-ring (bicyclic) bond motifs is 2. The van der Waals surface area contributed by atoms with Gasteiger partial charge in [-0.1, -0.05) is 24.9 Å². The molecule has 106 valence electrons. The van der Waals surface area contributed by atoms with E-state index in [2.05, 4.69) is 22.2 Å². The van der Waals surface area contributed by atoms with E-state index in [1.54, 1.807) is 0 Å². The smallest absolute Gasteiger partial charge is 0.151 e. The van der Waals surface area contributed by atoms with Gasteiger partial charge in [0, 0.05) is 19.0 Å². The fourth-order valence-electron chi connectivity index (χ4n) is 3.11. The molecular weight excluding hydrogens is 262 g/mol. The molecule has 4 nitrogen and oxygen atoms in total. The first-order valence-corrected chi connectivity index (χ1v) is 7.76. The second-order valence-electron chi connectivity index (χ2n) is 5.65. The molecule has 0 radical (unpaired) electrons. The van der Waals surface area contributed by atoms with E-state index in [1.807, 2.05) is 0 Å². The predicted molar refractivity (Wildman–Crippen MR) is 75.3 cm³/mol. The number of rotatable bonds is 6. The maximum atomic E-state index is 6.17. The highest BCUT2D eigenvalue weighted by atomic mass is 35.5. The molecule has 3 rings (SSSR count). The molecule has 2 aliphatic rings. The largest absolute Gasteiger partial charge is 0.373 e. The second kappa shape index (κ2) is 5.81. The third-order valence-electron chi connectivity index (χ3n) is 4.19. The van der Waals surface area contributed by atoms with E-state index in [0.29, 0.717) is 23.4 Å². The van der Waals surface area contributed by atoms with Gasteiger partial charge in [0.05, 0.1) is 17.9 Å². The molecule has 19 heavy (non-hydrogen) atoms. The number of aromatic amines is 1. The minimum absolute atomic E-state index is 0.409. The molecule has 2 fully saturated rings. The summed E-state index contributed by atoms with van der Waals surface area (Å²) in [6.45, 7) is 2.94. The molecule has 0 amide bonds. The Balaban J connectivity index is 1.53. The van der Waals surface area contributed by atoms with E-state index in [4.69, 9.17) is 16.3 Å². The highest BCUT2D eigenvalue weighted by molar-refractivity contribution is 6.30. The van der Waals surface area contributed by atoms with Crippen molar-refractivity contribution in [2.24, 2.45) is 0 Å². The molecule has 1 aromatic heterocycles. The highest BCUT2D eigenvalue weighted by Crippen LogP contribution is 2.34. The zero-order valence-corrected chi connectivity index (χ0v) is 12.2. The van der Waals surface area contributed by atoms with Gasteiger partial charge in [-0.05, 0) is 25.7 Å². The van der Waals surface area contributed by atoms with Gasteiger partial charge in [0.2, 0.25) is 0 Å². The number of nitrogens with zero attached hydrogens (tertiary/aromatic N) is 1. The number of nitrogens with one attached hydrogen (secondary N) is 2. The number of aryl methyl sites for hydroxylation is 1. The average Bonchev–Trinajstić information content (AvgIpc) is 3.09. The number of halogens is 1. The van der Waals surface area contributed by atoms with E-state index < -0.39 is 0 Å². The molecular formula is C14H22ClN3O. The summed E-state index contributed by atoms with van der Waals surface area (Å²) in [5, 5.41) is 4.17. The van der Waals surface area contributed by atoms with Gasteiger partial charge in [-0.25, -0.2) is 4.98 Å². The number of ether oxygens (including phenoxy) is 1. The first kappa shape index (κ1) is 13.4. The number of aromatic nitrogens is 2. The molecule has 2 bridgehead atoms. The van der Waals surface area contributed by atoms with Gasteiger partial charge in [0.15, 0.2) is 5.15 Å². The van der Waals surface area contributed by atoms with Crippen LogP contribution in [0.1, 0.15) is 50.5 Å². The molecule has 0 saturated carbocycles. The average molecular weight is 284 g/mol. The number of imidazole rings is 1. The SMILES string of the molecule is CCCCc1nc(Cl)c(CNC2CC3CCC2O3)[nH]1. The number of H-pyrrole nitrogens is 1. The lowest BCUT2D eigenvalue weighted by Crippen LogP contribution is -2.37. The van der Waals surface area contributed by atoms with E-state index in [0.717, 1.165) is 37.3 Å². The third-order valence-corrected chi connectivity index (χ3v) is 4.50. The monoisotopic (exact) mass is 283 g/mol. The standard InChI is InChI=1S/C14H22ClN3O/c1-2-3-4-13-17-11(14(15)18-13)8-16-10-7-9-5-6-12(10)19-9/h9-10,12,16H,2-8H2,1H3,(H,17,18). The molecule has 2 N–H and O–H groups in total. The van der Waals surface area contributed by atoms with Crippen molar-refractivity contribution in [2.45, 2.75) is 70.2 Å². The molecule has 0 aromatic carbocycles. The van der Waals surface area contributed by atoms with Gasteiger partial charge in [-0.2, -0.15) is 0 Å². The number of unbranched alkanes of at least 4 members (excludes halogenated alkanes) is 1. The molecule has 2 aliphatic heterocycles. The molecule has 3 unspecified atom stereocenters. The van der Waals surface area contributed by atoms with Crippen molar-refractivity contribution in [2.75, 3.05) is 0 Å². The normalized spacial score (nSPS) is 29.3. The van der Waals surface area contributed by atoms with Crippen LogP contribution >= 0.6 is 11.6 Å². The van der Waals surface area contributed by atoms with E-state index in [1.165, 1.54) is 19.3 Å². The zero-order valence-electron chi connectivity index (χ0n) is 11.4. The summed E-state index contributed by atoms with van der Waals surface area (Å²) in [6, 6.07) is 0.484. The Morgan fingerprint density at radius 2 is 2.37 bits per heavy atom. The lowest BCUT2D eigenvalue weighted by Gasteiger charge is -2.19. The van der Waals surface area contributed by atoms with Crippen LogP contribution in [0.3, 0.4) is 0 Å². The van der Waals surface area contributed by atoms with Crippen molar-refractivity contribution in [3.8, 4) is 0 Å². The van der Waals surface area contributed by atoms with Crippen LogP contribution in [0.15, 0.2) is 0 Å². The van der Waals surface area contributed by atoms with Crippen LogP contribution in [0.2, 0.25) is 5.15 Å². The molecule has 0 aliphatic carbocycles. The molecule has 5 heteroatoms. The van der Waals surface area contributed by atoms with Gasteiger partial charge < -0.3 is 15.0 Å². The lowest BCUT2D eigenvalue weighted by atomic mass is 9.95. The maximum Gasteiger partial charge on any atom is 0.151 e. The maximum absolute atomic E-state index is 6.17. The minimum Gasteiger partial charge on any atom is -0.373 e. The summed E-state index contributed by atoms with van der Waals surface area (Å²) in [5.41, 5.74) is 1.01. The van der Waals surface area contributed by atoms with Crippen LogP contribution in [-0.4, -0.2) is 28.2 Å². The van der Waals surface area contributed by atoms with Crippen LogP contribution in [0.5, 0.6) is 0 Å². The Hall–Kier alpha value is -0.580. The number of hydrogen-bond acceptors (Lipinski definition) is 3. The van der Waals surface area contributed by atoms with Crippen LogP contribution in [-0.2, 0) is 17.7 Å². The van der Waals surface area contributed by atoms with E-state index in [-0.39, 0.29) is 0 Å². The van der Waals surface area contributed by atoms with Crippen molar-refractivity contribution in [3.05, 3.63) is 16.7 Å². The van der Waals surface area contributed by atoms with Crippen LogP contribution in [0.25, 0.3) is 0 Å². The van der Waals surface area contributed by atoms with Gasteiger partial charge in [0.25, 0.3) is 0 Å². The van der Waals surface area contributed by atoms with Gasteiger partial charge >= 0.3 is 0 Å². The molecule has 3 atom stereocenters. The third kappa shape index (κ3) is 2.96. The Labute approximate surface area is 119 Å². The van der Waals surface area contributed by atoms with Crippen molar-refractivity contribution in [3.63, 3.8) is 0 Å². The minimum atomic E-state index is 0.409. The fourth-order valence-corrected chi connectivity index (χ4v) is 3.32. The van der Waals surface area contributed by atoms with E-state index >= 15 is 0 Å². The second-order valence-corrected chi connectivity index (χ2v) is 6.01. The van der Waals surface area contributed by atoms with Crippen LogP contribution in [0, 0.1) is 0 Å². The summed E-state index contributed by atoms with van der Waals surface area (Å²) in [4.78, 5) is 7.72. The summed E-state index contributed by atoms with van der Waals surface area (Å²) >= 11 is 6.17. The Kier molecular flexibility index (Phi) is 4.10. The number of hydrogen-bond donors (Lipinski definition) is 2. The predicted octanol–water partition coefficient (Wildman–Crippen LogP) is 2.82. The summed E-state index contributed by atoms with van der Waals surface area (Å²) in [7, 11) is 0. The van der Waals surface area contributed by atoms with Crippen LogP contribution in [0.4, 0.5) is 0 Å². The topological polar surface area (TPSA) is 49.9 Å². The van der Waals surface area contributed by atoms with Gasteiger partial charge in [-0.15, -0.1) is 0 Å². The Morgan fingerprint density at radius 3 is 3.05 bits per heavy atom. The summed E-state index contributed by atoms with van der Waals surface area (Å²) < 4.78 is 5.84. The fraction of sp³-hybridized carbons (Fsp3) is 0.786. The van der Waals surface area contributed by atoms with E-state index in [9.17, 15) is 0 Å².